The number of hydrogen-bond acceptors (Lipinski definition) is 4. The molecule has 3 rings (SSSR count). The van der Waals surface area contributed by atoms with Gasteiger partial charge in [-0.2, -0.15) is 36.5 Å². The lowest BCUT2D eigenvalue weighted by Crippen LogP contribution is -2.23. The Hall–Kier alpha value is -2.47. The Morgan fingerprint density at radius 1 is 0.886 bits per heavy atom. The summed E-state index contributed by atoms with van der Waals surface area (Å²) in [6.45, 7) is 0. The van der Waals surface area contributed by atoms with Crippen LogP contribution in [-0.2, 0) is 26.7 Å². The summed E-state index contributed by atoms with van der Waals surface area (Å²) in [4.78, 5) is 25.4. The fraction of sp³-hybridized carbons (Fsp3) is 0.150. The van der Waals surface area contributed by atoms with Crippen LogP contribution in [-0.4, -0.2) is 24.7 Å². The van der Waals surface area contributed by atoms with Gasteiger partial charge in [0.15, 0.2) is 5.71 Å². The molecular weight excluding hydrogens is 572 g/mol. The molecule has 0 spiro atoms. The Balaban J connectivity index is 2.17. The predicted molar refractivity (Wildman–Crippen MR) is 118 cm³/mol. The summed E-state index contributed by atoms with van der Waals surface area (Å²) in [7, 11) is 0.950. The lowest BCUT2D eigenvalue weighted by molar-refractivity contribution is -0.138. The summed E-state index contributed by atoms with van der Waals surface area (Å²) in [5.74, 6) is -2.29. The van der Waals surface area contributed by atoms with Gasteiger partial charge in [-0.3, -0.25) is 4.79 Å². The molecule has 1 amide bonds. The minimum absolute atomic E-state index is 0.271. The van der Waals surface area contributed by atoms with E-state index in [0.717, 1.165) is 13.2 Å². The number of rotatable bonds is 3. The molecule has 15 heteroatoms. The second-order valence-electron chi connectivity index (χ2n) is 6.75. The summed E-state index contributed by atoms with van der Waals surface area (Å²) >= 11 is 23.7. The largest absolute Gasteiger partial charge is 0.464 e. The number of benzene rings is 2. The number of methoxy groups -OCH3 is 1. The number of nitrogens with zero attached hydrogens (tertiary/aromatic N) is 2. The van der Waals surface area contributed by atoms with Gasteiger partial charge >= 0.3 is 18.3 Å². The van der Waals surface area contributed by atoms with Gasteiger partial charge in [0.25, 0.3) is 5.91 Å². The van der Waals surface area contributed by atoms with E-state index in [0.29, 0.717) is 29.3 Å². The molecule has 0 radical (unpaired) electrons. The molecular formula is C20H8Cl4F6N2O3. The predicted octanol–water partition coefficient (Wildman–Crippen LogP) is 7.30. The van der Waals surface area contributed by atoms with Crippen LogP contribution < -0.4 is 5.01 Å². The smallest absolute Gasteiger partial charge is 0.416 e. The minimum atomic E-state index is -4.80. The summed E-state index contributed by atoms with van der Waals surface area (Å²) in [5, 5.41) is 1.93. The lowest BCUT2D eigenvalue weighted by atomic mass is 10.0. The van der Waals surface area contributed by atoms with E-state index < -0.39 is 72.4 Å². The number of anilines is 1. The molecule has 0 aliphatic carbocycles. The van der Waals surface area contributed by atoms with Crippen molar-refractivity contribution in [2.75, 3.05) is 12.1 Å². The molecule has 0 bridgehead atoms. The van der Waals surface area contributed by atoms with Crippen LogP contribution in [0, 0.1) is 0 Å². The molecule has 0 fully saturated rings. The Kier molecular flexibility index (Phi) is 7.39. The summed E-state index contributed by atoms with van der Waals surface area (Å²) < 4.78 is 82.7. The maximum Gasteiger partial charge on any atom is 0.416 e. The molecule has 1 aliphatic rings. The molecule has 0 unspecified atom stereocenters. The Morgan fingerprint density at radius 2 is 1.31 bits per heavy atom. The molecule has 0 aromatic heterocycles. The van der Waals surface area contributed by atoms with Crippen LogP contribution in [0.25, 0.3) is 6.08 Å². The average molecular weight is 580 g/mol. The quantitative estimate of drug-likeness (QED) is 0.218. The first-order valence-corrected chi connectivity index (χ1v) is 10.4. The zero-order valence-corrected chi connectivity index (χ0v) is 19.8. The first kappa shape index (κ1) is 27.1. The minimum Gasteiger partial charge on any atom is -0.464 e. The first-order chi connectivity index (χ1) is 16.1. The van der Waals surface area contributed by atoms with Crippen LogP contribution >= 0.6 is 46.4 Å². The monoisotopic (exact) mass is 578 g/mol. The Morgan fingerprint density at radius 3 is 1.71 bits per heavy atom. The van der Waals surface area contributed by atoms with Crippen molar-refractivity contribution < 1.29 is 40.7 Å². The number of amides is 1. The van der Waals surface area contributed by atoms with Crippen molar-refractivity contribution in [1.82, 2.24) is 0 Å². The summed E-state index contributed by atoms with van der Waals surface area (Å²) in [6.07, 6.45) is -8.69. The Labute approximate surface area is 212 Å². The molecule has 2 aromatic carbocycles. The highest BCUT2D eigenvalue weighted by molar-refractivity contribution is 6.55. The van der Waals surface area contributed by atoms with E-state index in [-0.39, 0.29) is 5.56 Å². The summed E-state index contributed by atoms with van der Waals surface area (Å²) in [5.41, 5.74) is -4.34. The van der Waals surface area contributed by atoms with Crippen LogP contribution in [0.5, 0.6) is 0 Å². The van der Waals surface area contributed by atoms with Crippen LogP contribution in [0.15, 0.2) is 34.9 Å². The normalized spacial score (nSPS) is 15.6. The van der Waals surface area contributed by atoms with Gasteiger partial charge in [0, 0.05) is 15.6 Å². The lowest BCUT2D eigenvalue weighted by Gasteiger charge is -2.17. The molecule has 0 saturated carbocycles. The molecule has 1 heterocycles. The van der Waals surface area contributed by atoms with Crippen molar-refractivity contribution in [2.45, 2.75) is 12.4 Å². The number of ether oxygens (including phenoxy) is 1. The number of alkyl halides is 6. The van der Waals surface area contributed by atoms with E-state index in [9.17, 15) is 35.9 Å². The fourth-order valence-corrected chi connectivity index (χ4v) is 4.15. The number of halogens is 10. The molecule has 0 N–H and O–H groups in total. The fourth-order valence-electron chi connectivity index (χ4n) is 2.91. The molecule has 1 aliphatic heterocycles. The highest BCUT2D eigenvalue weighted by atomic mass is 35.5. The molecule has 2 aromatic rings. The molecule has 0 saturated heterocycles. The van der Waals surface area contributed by atoms with Crippen LogP contribution in [0.3, 0.4) is 0 Å². The van der Waals surface area contributed by atoms with Crippen molar-refractivity contribution >= 4 is 75.8 Å². The zero-order valence-electron chi connectivity index (χ0n) is 16.8. The molecule has 5 nitrogen and oxygen atoms in total. The van der Waals surface area contributed by atoms with Gasteiger partial charge < -0.3 is 4.74 Å². The second-order valence-corrected chi connectivity index (χ2v) is 8.38. The number of hydrogen-bond donors (Lipinski definition) is 0. The maximum absolute atomic E-state index is 13.1. The van der Waals surface area contributed by atoms with Crippen molar-refractivity contribution in [3.05, 3.63) is 66.6 Å². The van der Waals surface area contributed by atoms with Gasteiger partial charge in [0.2, 0.25) is 0 Å². The third kappa shape index (κ3) is 5.37. The van der Waals surface area contributed by atoms with Crippen molar-refractivity contribution in [1.29, 1.82) is 0 Å². The standard InChI is InChI=1S/C20H8Cl4F6N2O3/c1-35-18(34)15-10(6-9-11(21)2-7(3-12(9)22)19(25,26)27)17(33)32(31-15)16-13(23)4-8(5-14(16)24)20(28,29)30/h2-6H,1H3/b10-6-. The van der Waals surface area contributed by atoms with Gasteiger partial charge in [-0.05, 0) is 30.3 Å². The number of esters is 1. The Bertz CT molecular complexity index is 1260. The van der Waals surface area contributed by atoms with E-state index in [1.54, 1.807) is 0 Å². The first-order valence-electron chi connectivity index (χ1n) is 8.92. The summed E-state index contributed by atoms with van der Waals surface area (Å²) in [6, 6.07) is 2.09. The molecule has 186 valence electrons. The SMILES string of the molecule is COC(=O)C1=NN(c2c(Cl)cc(C(F)(F)F)cc2Cl)C(=O)/C1=C\c1c(Cl)cc(C(F)(F)F)cc1Cl. The molecule has 0 atom stereocenters. The highest BCUT2D eigenvalue weighted by Gasteiger charge is 2.40. The van der Waals surface area contributed by atoms with Gasteiger partial charge in [0.05, 0.1) is 33.9 Å². The third-order valence-corrected chi connectivity index (χ3v) is 5.71. The van der Waals surface area contributed by atoms with E-state index in [1.807, 2.05) is 0 Å². The van der Waals surface area contributed by atoms with Crippen molar-refractivity contribution in [3.63, 3.8) is 0 Å². The van der Waals surface area contributed by atoms with Crippen LogP contribution in [0.2, 0.25) is 20.1 Å². The number of hydrazone groups is 1. The van der Waals surface area contributed by atoms with Gasteiger partial charge in [-0.15, -0.1) is 0 Å². The van der Waals surface area contributed by atoms with Gasteiger partial charge in [-0.1, -0.05) is 46.4 Å². The topological polar surface area (TPSA) is 59.0 Å². The van der Waals surface area contributed by atoms with E-state index >= 15 is 0 Å². The highest BCUT2D eigenvalue weighted by Crippen LogP contribution is 2.43. The van der Waals surface area contributed by atoms with Gasteiger partial charge in [0.1, 0.15) is 5.69 Å². The van der Waals surface area contributed by atoms with Crippen molar-refractivity contribution in [3.8, 4) is 0 Å². The zero-order chi connectivity index (χ0) is 26.5. The van der Waals surface area contributed by atoms with E-state index in [2.05, 4.69) is 9.84 Å². The maximum atomic E-state index is 13.1. The van der Waals surface area contributed by atoms with Crippen LogP contribution in [0.4, 0.5) is 32.0 Å². The van der Waals surface area contributed by atoms with Gasteiger partial charge in [-0.25, -0.2) is 4.79 Å². The average Bonchev–Trinajstić information content (AvgIpc) is 3.04. The molecule has 35 heavy (non-hydrogen) atoms. The number of carbonyl (C=O) groups excluding carboxylic acids is 2. The van der Waals surface area contributed by atoms with E-state index in [1.165, 1.54) is 0 Å². The second kappa shape index (κ2) is 9.53. The van der Waals surface area contributed by atoms with Crippen molar-refractivity contribution in [2.24, 2.45) is 5.10 Å². The number of carbonyl (C=O) groups is 2. The van der Waals surface area contributed by atoms with Crippen LogP contribution in [0.1, 0.15) is 16.7 Å². The third-order valence-electron chi connectivity index (χ3n) is 4.51. The van der Waals surface area contributed by atoms with E-state index in [4.69, 9.17) is 46.4 Å².